The summed E-state index contributed by atoms with van der Waals surface area (Å²) in [6.07, 6.45) is 0.434. The van der Waals surface area contributed by atoms with Crippen molar-refractivity contribution in [3.63, 3.8) is 0 Å². The Balaban J connectivity index is 2.49. The zero-order valence-corrected chi connectivity index (χ0v) is 9.21. The molecule has 4 nitrogen and oxygen atoms in total. The minimum Gasteiger partial charge on any atom is -0.469 e. The number of carbonyl (C=O) groups is 1. The largest absolute Gasteiger partial charge is 0.469 e. The third-order valence-electron chi connectivity index (χ3n) is 2.67. The number of methoxy groups -OCH3 is 1. The smallest absolute Gasteiger partial charge is 0.307 e. The number of hydrogen-bond acceptors (Lipinski definition) is 4. The fourth-order valence-corrected chi connectivity index (χ4v) is 1.71. The molecule has 0 bridgehead atoms. The van der Waals surface area contributed by atoms with Crippen LogP contribution < -0.4 is 0 Å². The Morgan fingerprint density at radius 2 is 2.00 bits per heavy atom. The van der Waals surface area contributed by atoms with Gasteiger partial charge < -0.3 is 9.47 Å². The molecular weight excluding hydrogens is 182 g/mol. The molecule has 0 aromatic heterocycles. The molecule has 0 aromatic carbocycles. The molecule has 0 aromatic rings. The first-order chi connectivity index (χ1) is 6.56. The summed E-state index contributed by atoms with van der Waals surface area (Å²) in [4.78, 5) is 13.5. The normalized spacial score (nSPS) is 19.4. The number of hydrogen-bond donors (Lipinski definition) is 0. The Morgan fingerprint density at radius 1 is 1.43 bits per heavy atom. The van der Waals surface area contributed by atoms with Crippen molar-refractivity contribution >= 4 is 5.97 Å². The molecule has 4 heteroatoms. The number of rotatable bonds is 3. The number of ether oxygens (including phenoxy) is 2. The van der Waals surface area contributed by atoms with Crippen LogP contribution in [0.5, 0.6) is 0 Å². The average Bonchev–Trinajstić information content (AvgIpc) is 2.18. The molecule has 0 amide bonds. The highest BCUT2D eigenvalue weighted by Gasteiger charge is 2.30. The SMILES string of the molecule is COC(=O)CC(C)(C)N1CCOCC1. The molecule has 1 rings (SSSR count). The van der Waals surface area contributed by atoms with Gasteiger partial charge in [-0.15, -0.1) is 0 Å². The molecule has 1 aliphatic heterocycles. The van der Waals surface area contributed by atoms with Crippen molar-refractivity contribution < 1.29 is 14.3 Å². The third-order valence-corrected chi connectivity index (χ3v) is 2.67. The predicted octanol–water partition coefficient (Wildman–Crippen LogP) is 0.660. The van der Waals surface area contributed by atoms with Crippen LogP contribution in [0.25, 0.3) is 0 Å². The standard InChI is InChI=1S/C10H19NO3/c1-10(2,8-9(12)13-3)11-4-6-14-7-5-11/h4-8H2,1-3H3. The molecule has 0 N–H and O–H groups in total. The molecule has 0 aliphatic carbocycles. The number of morpholine rings is 1. The lowest BCUT2D eigenvalue weighted by Gasteiger charge is -2.40. The van der Waals surface area contributed by atoms with E-state index in [0.29, 0.717) is 6.42 Å². The fourth-order valence-electron chi connectivity index (χ4n) is 1.71. The van der Waals surface area contributed by atoms with Crippen molar-refractivity contribution in [3.05, 3.63) is 0 Å². The molecule has 1 fully saturated rings. The van der Waals surface area contributed by atoms with Crippen LogP contribution in [0.15, 0.2) is 0 Å². The minimum atomic E-state index is -0.151. The van der Waals surface area contributed by atoms with Crippen LogP contribution in [-0.4, -0.2) is 49.8 Å². The van der Waals surface area contributed by atoms with E-state index >= 15 is 0 Å². The van der Waals surface area contributed by atoms with Crippen LogP contribution in [0.2, 0.25) is 0 Å². The van der Waals surface area contributed by atoms with Crippen LogP contribution in [0.4, 0.5) is 0 Å². The van der Waals surface area contributed by atoms with Crippen molar-refractivity contribution in [1.82, 2.24) is 4.90 Å². The van der Waals surface area contributed by atoms with Gasteiger partial charge >= 0.3 is 5.97 Å². The highest BCUT2D eigenvalue weighted by molar-refractivity contribution is 5.70. The number of carbonyl (C=O) groups excluding carboxylic acids is 1. The van der Waals surface area contributed by atoms with Gasteiger partial charge in [0, 0.05) is 18.6 Å². The summed E-state index contributed by atoms with van der Waals surface area (Å²) in [5.41, 5.74) is -0.128. The van der Waals surface area contributed by atoms with Gasteiger partial charge in [0.2, 0.25) is 0 Å². The molecule has 14 heavy (non-hydrogen) atoms. The molecular formula is C10H19NO3. The van der Waals surface area contributed by atoms with E-state index < -0.39 is 0 Å². The quantitative estimate of drug-likeness (QED) is 0.629. The lowest BCUT2D eigenvalue weighted by atomic mass is 9.98. The van der Waals surface area contributed by atoms with E-state index in [4.69, 9.17) is 4.74 Å². The Morgan fingerprint density at radius 3 is 2.50 bits per heavy atom. The fraction of sp³-hybridized carbons (Fsp3) is 0.900. The van der Waals surface area contributed by atoms with E-state index in [1.807, 2.05) is 0 Å². The first kappa shape index (κ1) is 11.5. The Labute approximate surface area is 85.2 Å². The number of esters is 1. The molecule has 82 valence electrons. The summed E-state index contributed by atoms with van der Waals surface area (Å²) in [5.74, 6) is -0.151. The van der Waals surface area contributed by atoms with E-state index in [-0.39, 0.29) is 11.5 Å². The van der Waals surface area contributed by atoms with Crippen molar-refractivity contribution in [3.8, 4) is 0 Å². The summed E-state index contributed by atoms with van der Waals surface area (Å²) >= 11 is 0. The third kappa shape index (κ3) is 2.96. The van der Waals surface area contributed by atoms with E-state index in [1.165, 1.54) is 7.11 Å². The molecule has 0 saturated carbocycles. The molecule has 0 radical (unpaired) electrons. The van der Waals surface area contributed by atoms with Crippen LogP contribution in [-0.2, 0) is 14.3 Å². The summed E-state index contributed by atoms with van der Waals surface area (Å²) in [6.45, 7) is 7.42. The van der Waals surface area contributed by atoms with Crippen molar-refractivity contribution in [2.24, 2.45) is 0 Å². The Hall–Kier alpha value is -0.610. The van der Waals surface area contributed by atoms with Gasteiger partial charge in [-0.1, -0.05) is 0 Å². The zero-order chi connectivity index (χ0) is 10.6. The van der Waals surface area contributed by atoms with Gasteiger partial charge in [-0.05, 0) is 13.8 Å². The molecule has 1 heterocycles. The number of nitrogens with zero attached hydrogens (tertiary/aromatic N) is 1. The second-order valence-electron chi connectivity index (χ2n) is 4.16. The maximum absolute atomic E-state index is 11.2. The van der Waals surface area contributed by atoms with Crippen molar-refractivity contribution in [2.45, 2.75) is 25.8 Å². The van der Waals surface area contributed by atoms with Crippen LogP contribution in [0.1, 0.15) is 20.3 Å². The molecule has 0 unspecified atom stereocenters. The topological polar surface area (TPSA) is 38.8 Å². The van der Waals surface area contributed by atoms with Gasteiger partial charge in [0.05, 0.1) is 26.7 Å². The van der Waals surface area contributed by atoms with Crippen molar-refractivity contribution in [1.29, 1.82) is 0 Å². The van der Waals surface area contributed by atoms with Crippen molar-refractivity contribution in [2.75, 3.05) is 33.4 Å². The summed E-state index contributed by atoms with van der Waals surface area (Å²) in [5, 5.41) is 0. The molecule has 1 aliphatic rings. The highest BCUT2D eigenvalue weighted by atomic mass is 16.5. The Bertz CT molecular complexity index is 198. The van der Waals surface area contributed by atoms with Gasteiger partial charge in [-0.25, -0.2) is 0 Å². The predicted molar refractivity (Wildman–Crippen MR) is 53.1 cm³/mol. The van der Waals surface area contributed by atoms with E-state index in [9.17, 15) is 4.79 Å². The van der Waals surface area contributed by atoms with Gasteiger partial charge in [-0.3, -0.25) is 9.69 Å². The van der Waals surface area contributed by atoms with Gasteiger partial charge in [0.15, 0.2) is 0 Å². The van der Waals surface area contributed by atoms with Gasteiger partial charge in [0.25, 0.3) is 0 Å². The maximum atomic E-state index is 11.2. The molecule has 0 atom stereocenters. The van der Waals surface area contributed by atoms with E-state index in [0.717, 1.165) is 26.3 Å². The minimum absolute atomic E-state index is 0.128. The van der Waals surface area contributed by atoms with E-state index in [1.54, 1.807) is 0 Å². The van der Waals surface area contributed by atoms with Crippen LogP contribution in [0.3, 0.4) is 0 Å². The summed E-state index contributed by atoms with van der Waals surface area (Å²) in [7, 11) is 1.43. The van der Waals surface area contributed by atoms with Crippen LogP contribution >= 0.6 is 0 Å². The van der Waals surface area contributed by atoms with Crippen LogP contribution in [0, 0.1) is 0 Å². The lowest BCUT2D eigenvalue weighted by molar-refractivity contribution is -0.144. The first-order valence-electron chi connectivity index (χ1n) is 4.96. The van der Waals surface area contributed by atoms with E-state index in [2.05, 4.69) is 23.5 Å². The molecule has 0 spiro atoms. The van der Waals surface area contributed by atoms with Gasteiger partial charge in [0.1, 0.15) is 0 Å². The second kappa shape index (κ2) is 4.75. The second-order valence-corrected chi connectivity index (χ2v) is 4.16. The maximum Gasteiger partial charge on any atom is 0.307 e. The van der Waals surface area contributed by atoms with Gasteiger partial charge in [-0.2, -0.15) is 0 Å². The zero-order valence-electron chi connectivity index (χ0n) is 9.21. The monoisotopic (exact) mass is 201 g/mol. The Kier molecular flexibility index (Phi) is 3.89. The highest BCUT2D eigenvalue weighted by Crippen LogP contribution is 2.20. The molecule has 1 saturated heterocycles. The summed E-state index contributed by atoms with van der Waals surface area (Å²) in [6, 6.07) is 0. The summed E-state index contributed by atoms with van der Waals surface area (Å²) < 4.78 is 9.95. The first-order valence-corrected chi connectivity index (χ1v) is 4.96. The average molecular weight is 201 g/mol. The lowest BCUT2D eigenvalue weighted by Crippen LogP contribution is -2.50.